The van der Waals surface area contributed by atoms with Gasteiger partial charge in [0.1, 0.15) is 6.04 Å². The molecule has 2 heterocycles. The summed E-state index contributed by atoms with van der Waals surface area (Å²) in [6.07, 6.45) is 0.951. The van der Waals surface area contributed by atoms with Gasteiger partial charge in [-0.1, -0.05) is 31.2 Å². The fourth-order valence-electron chi connectivity index (χ4n) is 4.36. The average Bonchev–Trinajstić information content (AvgIpc) is 3.27. The van der Waals surface area contributed by atoms with Crippen molar-refractivity contribution in [1.29, 1.82) is 0 Å². The van der Waals surface area contributed by atoms with Gasteiger partial charge in [-0.3, -0.25) is 9.59 Å². The molecule has 9 heteroatoms. The molecule has 0 aliphatic rings. The van der Waals surface area contributed by atoms with E-state index in [9.17, 15) is 9.59 Å². The molecule has 184 valence electrons. The zero-order chi connectivity index (χ0) is 25.1. The van der Waals surface area contributed by atoms with E-state index in [2.05, 4.69) is 10.4 Å². The minimum atomic E-state index is -0.712. The van der Waals surface area contributed by atoms with Crippen molar-refractivity contribution in [3.8, 4) is 17.2 Å². The van der Waals surface area contributed by atoms with Crippen LogP contribution in [0.25, 0.3) is 20.2 Å². The highest BCUT2D eigenvalue weighted by Crippen LogP contribution is 2.39. The van der Waals surface area contributed by atoms with Crippen molar-refractivity contribution in [2.45, 2.75) is 32.7 Å². The number of methoxy groups -OCH3 is 3. The van der Waals surface area contributed by atoms with Crippen LogP contribution >= 0.6 is 11.3 Å². The second-order valence-electron chi connectivity index (χ2n) is 8.10. The molecule has 8 nitrogen and oxygen atoms in total. The highest BCUT2D eigenvalue weighted by molar-refractivity contribution is 7.26. The third kappa shape index (κ3) is 4.43. The van der Waals surface area contributed by atoms with Gasteiger partial charge in [-0.2, -0.15) is 5.10 Å². The number of fused-ring (bicyclic) bond motifs is 3. The first-order valence-electron chi connectivity index (χ1n) is 11.4. The molecule has 4 aromatic rings. The van der Waals surface area contributed by atoms with E-state index in [1.807, 2.05) is 44.2 Å². The van der Waals surface area contributed by atoms with Gasteiger partial charge in [0.25, 0.3) is 5.56 Å². The Labute approximate surface area is 207 Å². The highest BCUT2D eigenvalue weighted by atomic mass is 32.1. The van der Waals surface area contributed by atoms with Crippen LogP contribution in [0.2, 0.25) is 0 Å². The molecule has 0 radical (unpaired) electrons. The van der Waals surface area contributed by atoms with Crippen LogP contribution in [0.1, 0.15) is 30.6 Å². The molecular formula is C26H29N3O5S. The van der Waals surface area contributed by atoms with Crippen LogP contribution in [0, 0.1) is 6.92 Å². The first-order chi connectivity index (χ1) is 16.9. The Balaban J connectivity index is 1.58. The Bertz CT molecular complexity index is 1440. The van der Waals surface area contributed by atoms with Crippen LogP contribution in [-0.2, 0) is 11.2 Å². The first kappa shape index (κ1) is 24.5. The molecule has 0 aliphatic carbocycles. The number of hydrogen-bond donors (Lipinski definition) is 1. The second-order valence-corrected chi connectivity index (χ2v) is 9.15. The highest BCUT2D eigenvalue weighted by Gasteiger charge is 2.24. The fraction of sp³-hybridized carbons (Fsp3) is 0.346. The lowest BCUT2D eigenvalue weighted by Crippen LogP contribution is -2.39. The zero-order valence-electron chi connectivity index (χ0n) is 20.5. The van der Waals surface area contributed by atoms with E-state index in [0.29, 0.717) is 42.0 Å². The Kier molecular flexibility index (Phi) is 7.25. The Hall–Kier alpha value is -3.59. The topological polar surface area (TPSA) is 91.7 Å². The summed E-state index contributed by atoms with van der Waals surface area (Å²) in [6.45, 7) is 4.11. The molecule has 4 rings (SSSR count). The monoisotopic (exact) mass is 495 g/mol. The van der Waals surface area contributed by atoms with E-state index in [1.54, 1.807) is 38.7 Å². The van der Waals surface area contributed by atoms with Crippen molar-refractivity contribution in [2.75, 3.05) is 27.9 Å². The summed E-state index contributed by atoms with van der Waals surface area (Å²) in [4.78, 5) is 26.6. The lowest BCUT2D eigenvalue weighted by atomic mass is 10.1. The number of carbonyl (C=O) groups is 1. The molecule has 0 unspecified atom stereocenters. The number of carbonyl (C=O) groups excluding carboxylic acids is 1. The van der Waals surface area contributed by atoms with E-state index in [4.69, 9.17) is 14.2 Å². The molecule has 0 aliphatic heterocycles. The van der Waals surface area contributed by atoms with Crippen LogP contribution in [0.5, 0.6) is 17.2 Å². The zero-order valence-corrected chi connectivity index (χ0v) is 21.3. The fourth-order valence-corrected chi connectivity index (χ4v) is 5.49. The number of aryl methyl sites for hydroxylation is 1. The Morgan fingerprint density at radius 3 is 2.51 bits per heavy atom. The van der Waals surface area contributed by atoms with Gasteiger partial charge in [0, 0.05) is 22.2 Å². The summed E-state index contributed by atoms with van der Waals surface area (Å²) in [5, 5.41) is 9.01. The minimum Gasteiger partial charge on any atom is -0.493 e. The van der Waals surface area contributed by atoms with Gasteiger partial charge < -0.3 is 19.5 Å². The molecule has 0 spiro atoms. The van der Waals surface area contributed by atoms with Crippen LogP contribution in [0.3, 0.4) is 0 Å². The third-order valence-electron chi connectivity index (χ3n) is 6.07. The van der Waals surface area contributed by atoms with Gasteiger partial charge in [-0.15, -0.1) is 11.3 Å². The van der Waals surface area contributed by atoms with Crippen molar-refractivity contribution in [2.24, 2.45) is 0 Å². The molecule has 0 saturated carbocycles. The molecule has 1 N–H and O–H groups in total. The largest absolute Gasteiger partial charge is 0.493 e. The van der Waals surface area contributed by atoms with E-state index in [0.717, 1.165) is 26.0 Å². The van der Waals surface area contributed by atoms with Gasteiger partial charge >= 0.3 is 0 Å². The van der Waals surface area contributed by atoms with Gasteiger partial charge in [0.05, 0.1) is 37.1 Å². The molecule has 2 aromatic carbocycles. The number of ether oxygens (including phenoxy) is 3. The summed E-state index contributed by atoms with van der Waals surface area (Å²) in [6, 6.07) is 10.8. The number of nitrogens with zero attached hydrogens (tertiary/aromatic N) is 2. The number of amides is 1. The molecule has 0 bridgehead atoms. The van der Waals surface area contributed by atoms with Crippen molar-refractivity contribution in [3.05, 3.63) is 58.0 Å². The predicted octanol–water partition coefficient (Wildman–Crippen LogP) is 4.26. The molecule has 2 aromatic heterocycles. The van der Waals surface area contributed by atoms with Gasteiger partial charge in [0.15, 0.2) is 11.5 Å². The van der Waals surface area contributed by atoms with Gasteiger partial charge in [-0.25, -0.2) is 4.68 Å². The molecule has 0 saturated heterocycles. The van der Waals surface area contributed by atoms with E-state index in [-0.39, 0.29) is 11.5 Å². The smallest absolute Gasteiger partial charge is 0.276 e. The van der Waals surface area contributed by atoms with E-state index in [1.165, 1.54) is 4.68 Å². The average molecular weight is 496 g/mol. The lowest BCUT2D eigenvalue weighted by molar-refractivity contribution is -0.124. The van der Waals surface area contributed by atoms with Crippen molar-refractivity contribution >= 4 is 37.4 Å². The van der Waals surface area contributed by atoms with E-state index >= 15 is 0 Å². The van der Waals surface area contributed by atoms with Crippen molar-refractivity contribution in [1.82, 2.24) is 15.1 Å². The normalized spacial score (nSPS) is 12.0. The summed E-state index contributed by atoms with van der Waals surface area (Å²) >= 11 is 1.55. The minimum absolute atomic E-state index is 0.244. The summed E-state index contributed by atoms with van der Waals surface area (Å²) in [5.41, 5.74) is 1.37. The predicted molar refractivity (Wildman–Crippen MR) is 138 cm³/mol. The lowest BCUT2D eigenvalue weighted by Gasteiger charge is -2.19. The number of hydrogen-bond acceptors (Lipinski definition) is 7. The van der Waals surface area contributed by atoms with Crippen LogP contribution in [0.15, 0.2) is 41.2 Å². The van der Waals surface area contributed by atoms with E-state index < -0.39 is 6.04 Å². The molecule has 0 fully saturated rings. The summed E-state index contributed by atoms with van der Waals surface area (Å²) < 4.78 is 19.5. The van der Waals surface area contributed by atoms with Crippen LogP contribution in [-0.4, -0.2) is 43.6 Å². The number of nitrogens with one attached hydrogen (secondary N) is 1. The number of rotatable bonds is 9. The molecular weight excluding hydrogens is 466 g/mol. The molecule has 1 amide bonds. The maximum atomic E-state index is 13.5. The van der Waals surface area contributed by atoms with Crippen LogP contribution < -0.4 is 25.1 Å². The number of aromatic nitrogens is 2. The first-order valence-corrected chi connectivity index (χ1v) is 12.2. The summed E-state index contributed by atoms with van der Waals surface area (Å²) in [7, 11) is 4.69. The quantitative estimate of drug-likeness (QED) is 0.373. The van der Waals surface area contributed by atoms with Gasteiger partial charge in [-0.05, 0) is 31.9 Å². The summed E-state index contributed by atoms with van der Waals surface area (Å²) in [5.74, 6) is 1.39. The number of thiophene rings is 1. The van der Waals surface area contributed by atoms with Crippen LogP contribution in [0.4, 0.5) is 0 Å². The molecule has 35 heavy (non-hydrogen) atoms. The number of benzene rings is 2. The maximum Gasteiger partial charge on any atom is 0.276 e. The maximum absolute atomic E-state index is 13.5. The standard InChI is InChI=1S/C26H29N3O5S/c1-6-18(25(30)27-14-13-16-11-12-19(32-3)23(34-5)22(16)33-4)29-26(31)21-17-9-7-8-10-20(17)35-24(21)15(2)28-29/h7-12,18H,6,13-14H2,1-5H3,(H,27,30)/t18-/m1/s1. The SMILES string of the molecule is CC[C@H](C(=O)NCCc1ccc(OC)c(OC)c1OC)n1nc(C)c2sc3ccccc3c2c1=O. The second kappa shape index (κ2) is 10.4. The molecule has 1 atom stereocenters. The van der Waals surface area contributed by atoms with Crippen molar-refractivity contribution < 1.29 is 19.0 Å². The third-order valence-corrected chi connectivity index (χ3v) is 7.35. The van der Waals surface area contributed by atoms with Gasteiger partial charge in [0.2, 0.25) is 11.7 Å². The Morgan fingerprint density at radius 2 is 1.83 bits per heavy atom. The van der Waals surface area contributed by atoms with Crippen molar-refractivity contribution in [3.63, 3.8) is 0 Å². The Morgan fingerprint density at radius 1 is 1.09 bits per heavy atom.